The number of nitrogens with zero attached hydrogens (tertiary/aromatic N) is 2. The highest BCUT2D eigenvalue weighted by Gasteiger charge is 2.20. The van der Waals surface area contributed by atoms with Gasteiger partial charge in [0.05, 0.1) is 24.9 Å². The van der Waals surface area contributed by atoms with Crippen LogP contribution >= 0.6 is 0 Å². The maximum atomic E-state index is 12.8. The second-order valence-corrected chi connectivity index (χ2v) is 6.20. The molecule has 0 aliphatic carbocycles. The first kappa shape index (κ1) is 18.4. The predicted molar refractivity (Wildman–Crippen MR) is 103 cm³/mol. The molecule has 2 aromatic carbocycles. The zero-order valence-electron chi connectivity index (χ0n) is 15.5. The number of carbonyl (C=O) groups is 1. The molecule has 1 unspecified atom stereocenters. The molecule has 0 aliphatic heterocycles. The van der Waals surface area contributed by atoms with Gasteiger partial charge < -0.3 is 10.1 Å². The minimum atomic E-state index is -0.412. The Morgan fingerprint density at radius 3 is 2.44 bits per heavy atom. The van der Waals surface area contributed by atoms with E-state index in [2.05, 4.69) is 10.4 Å². The standard InChI is InChI=1S/C21H21N3O3/c1-14-9-7-8-12-17(14)24-19(25)13-18(27-3)20(23-24)21(26)22-15(2)16-10-5-4-6-11-16/h4-13,15H,1-3H3,(H,22,26). The van der Waals surface area contributed by atoms with Gasteiger partial charge in [0.2, 0.25) is 0 Å². The van der Waals surface area contributed by atoms with Crippen LogP contribution in [0.15, 0.2) is 65.5 Å². The van der Waals surface area contributed by atoms with E-state index < -0.39 is 5.91 Å². The average Bonchev–Trinajstić information content (AvgIpc) is 2.69. The van der Waals surface area contributed by atoms with Gasteiger partial charge in [0.1, 0.15) is 0 Å². The molecule has 6 nitrogen and oxygen atoms in total. The third kappa shape index (κ3) is 3.89. The van der Waals surface area contributed by atoms with E-state index in [1.54, 1.807) is 6.07 Å². The number of amides is 1. The molecule has 1 aromatic heterocycles. The Balaban J connectivity index is 1.99. The summed E-state index contributed by atoms with van der Waals surface area (Å²) in [7, 11) is 1.41. The molecule has 0 radical (unpaired) electrons. The lowest BCUT2D eigenvalue weighted by Gasteiger charge is -2.16. The summed E-state index contributed by atoms with van der Waals surface area (Å²) < 4.78 is 6.44. The Bertz CT molecular complexity index is 1010. The lowest BCUT2D eigenvalue weighted by molar-refractivity contribution is 0.0929. The van der Waals surface area contributed by atoms with Crippen LogP contribution in [0.25, 0.3) is 5.69 Å². The molecule has 1 N–H and O–H groups in total. The van der Waals surface area contributed by atoms with Crippen molar-refractivity contribution in [1.29, 1.82) is 0 Å². The smallest absolute Gasteiger partial charge is 0.276 e. The van der Waals surface area contributed by atoms with Crippen molar-refractivity contribution < 1.29 is 9.53 Å². The van der Waals surface area contributed by atoms with Gasteiger partial charge in [-0.1, -0.05) is 48.5 Å². The summed E-state index contributed by atoms with van der Waals surface area (Å²) in [5.74, 6) is -0.270. The average molecular weight is 363 g/mol. The van der Waals surface area contributed by atoms with E-state index in [1.807, 2.05) is 62.4 Å². The van der Waals surface area contributed by atoms with E-state index in [9.17, 15) is 9.59 Å². The highest BCUT2D eigenvalue weighted by atomic mass is 16.5. The first-order valence-electron chi connectivity index (χ1n) is 8.61. The Hall–Kier alpha value is -3.41. The number of aromatic nitrogens is 2. The Morgan fingerprint density at radius 2 is 1.78 bits per heavy atom. The number of rotatable bonds is 5. The minimum absolute atomic E-state index is 0.0585. The van der Waals surface area contributed by atoms with E-state index in [4.69, 9.17) is 4.74 Å². The molecule has 0 spiro atoms. The summed E-state index contributed by atoms with van der Waals surface area (Å²) in [6.07, 6.45) is 0. The van der Waals surface area contributed by atoms with Gasteiger partial charge in [-0.3, -0.25) is 9.59 Å². The molecule has 1 amide bonds. The monoisotopic (exact) mass is 363 g/mol. The predicted octanol–water partition coefficient (Wildman–Crippen LogP) is 3.04. The molecular formula is C21H21N3O3. The normalized spacial score (nSPS) is 11.7. The molecule has 3 rings (SSSR count). The molecular weight excluding hydrogens is 342 g/mol. The van der Waals surface area contributed by atoms with Crippen molar-refractivity contribution >= 4 is 5.91 Å². The van der Waals surface area contributed by atoms with Crippen LogP contribution in [0.5, 0.6) is 5.75 Å². The molecule has 1 heterocycles. The molecule has 0 saturated carbocycles. The summed E-state index contributed by atoms with van der Waals surface area (Å²) in [5.41, 5.74) is 2.16. The molecule has 1 atom stereocenters. The molecule has 0 fully saturated rings. The van der Waals surface area contributed by atoms with E-state index in [0.29, 0.717) is 5.69 Å². The van der Waals surface area contributed by atoms with Gasteiger partial charge in [-0.2, -0.15) is 9.78 Å². The number of hydrogen-bond donors (Lipinski definition) is 1. The maximum Gasteiger partial charge on any atom is 0.276 e. The van der Waals surface area contributed by atoms with Gasteiger partial charge in [0.15, 0.2) is 11.4 Å². The van der Waals surface area contributed by atoms with Gasteiger partial charge >= 0.3 is 0 Å². The second kappa shape index (κ2) is 7.86. The quantitative estimate of drug-likeness (QED) is 0.756. The van der Waals surface area contributed by atoms with Crippen molar-refractivity contribution in [1.82, 2.24) is 15.1 Å². The summed E-state index contributed by atoms with van der Waals surface area (Å²) in [5, 5.41) is 7.19. The van der Waals surface area contributed by atoms with Crippen LogP contribution in [-0.2, 0) is 0 Å². The zero-order valence-corrected chi connectivity index (χ0v) is 15.5. The number of benzene rings is 2. The number of hydrogen-bond acceptors (Lipinski definition) is 4. The molecule has 3 aromatic rings. The summed E-state index contributed by atoms with van der Waals surface area (Å²) in [6.45, 7) is 3.77. The minimum Gasteiger partial charge on any atom is -0.494 e. The second-order valence-electron chi connectivity index (χ2n) is 6.20. The Morgan fingerprint density at radius 1 is 1.11 bits per heavy atom. The molecule has 138 valence electrons. The van der Waals surface area contributed by atoms with E-state index in [0.717, 1.165) is 11.1 Å². The summed E-state index contributed by atoms with van der Waals surface area (Å²) >= 11 is 0. The van der Waals surface area contributed by atoms with E-state index >= 15 is 0 Å². The number of aryl methyl sites for hydroxylation is 1. The van der Waals surface area contributed by atoms with Gasteiger partial charge in [0.25, 0.3) is 11.5 Å². The lowest BCUT2D eigenvalue weighted by Crippen LogP contribution is -2.31. The third-order valence-corrected chi connectivity index (χ3v) is 4.32. The van der Waals surface area contributed by atoms with Crippen LogP contribution in [0, 0.1) is 6.92 Å². The van der Waals surface area contributed by atoms with Crippen molar-refractivity contribution in [3.63, 3.8) is 0 Å². The van der Waals surface area contributed by atoms with Crippen LogP contribution in [0.2, 0.25) is 0 Å². The largest absolute Gasteiger partial charge is 0.494 e. The molecule has 0 saturated heterocycles. The number of methoxy groups -OCH3 is 1. The highest BCUT2D eigenvalue weighted by molar-refractivity contribution is 5.95. The first-order valence-corrected chi connectivity index (χ1v) is 8.61. The molecule has 27 heavy (non-hydrogen) atoms. The van der Waals surface area contributed by atoms with Crippen LogP contribution in [0.4, 0.5) is 0 Å². The fraction of sp³-hybridized carbons (Fsp3) is 0.190. The van der Waals surface area contributed by atoms with Crippen molar-refractivity contribution in [2.24, 2.45) is 0 Å². The van der Waals surface area contributed by atoms with Crippen molar-refractivity contribution in [2.75, 3.05) is 7.11 Å². The molecule has 6 heteroatoms. The first-order chi connectivity index (χ1) is 13.0. The number of ether oxygens (including phenoxy) is 1. The van der Waals surface area contributed by atoms with Crippen LogP contribution in [0.1, 0.15) is 34.6 Å². The van der Waals surface area contributed by atoms with Crippen molar-refractivity contribution in [3.05, 3.63) is 87.8 Å². The topological polar surface area (TPSA) is 73.2 Å². The van der Waals surface area contributed by atoms with Gasteiger partial charge in [-0.05, 0) is 31.0 Å². The zero-order chi connectivity index (χ0) is 19.4. The lowest BCUT2D eigenvalue weighted by atomic mass is 10.1. The molecule has 0 aliphatic rings. The van der Waals surface area contributed by atoms with Gasteiger partial charge in [0, 0.05) is 0 Å². The molecule has 0 bridgehead atoms. The fourth-order valence-electron chi connectivity index (χ4n) is 2.82. The van der Waals surface area contributed by atoms with Crippen LogP contribution in [-0.4, -0.2) is 22.8 Å². The number of carbonyl (C=O) groups excluding carboxylic acids is 1. The third-order valence-electron chi connectivity index (χ3n) is 4.32. The Kier molecular flexibility index (Phi) is 5.35. The van der Waals surface area contributed by atoms with Crippen molar-refractivity contribution in [2.45, 2.75) is 19.9 Å². The van der Waals surface area contributed by atoms with Gasteiger partial charge in [-0.25, -0.2) is 0 Å². The Labute approximate surface area is 157 Å². The van der Waals surface area contributed by atoms with Gasteiger partial charge in [-0.15, -0.1) is 0 Å². The fourth-order valence-corrected chi connectivity index (χ4v) is 2.82. The summed E-state index contributed by atoms with van der Waals surface area (Å²) in [6, 6.07) is 18.0. The van der Waals surface area contributed by atoms with E-state index in [-0.39, 0.29) is 23.0 Å². The number of para-hydroxylation sites is 1. The van der Waals surface area contributed by atoms with Crippen LogP contribution in [0.3, 0.4) is 0 Å². The van der Waals surface area contributed by atoms with Crippen LogP contribution < -0.4 is 15.6 Å². The summed E-state index contributed by atoms with van der Waals surface area (Å²) in [4.78, 5) is 25.3. The highest BCUT2D eigenvalue weighted by Crippen LogP contribution is 2.18. The number of nitrogens with one attached hydrogen (secondary N) is 1. The SMILES string of the molecule is COc1cc(=O)n(-c2ccccc2C)nc1C(=O)NC(C)c1ccccc1. The van der Waals surface area contributed by atoms with E-state index in [1.165, 1.54) is 17.9 Å². The van der Waals surface area contributed by atoms with Crippen molar-refractivity contribution in [3.8, 4) is 11.4 Å². The maximum absolute atomic E-state index is 12.8.